The van der Waals surface area contributed by atoms with Crippen molar-refractivity contribution in [1.29, 1.82) is 0 Å². The quantitative estimate of drug-likeness (QED) is 0.740. The Bertz CT molecular complexity index is 411. The molecule has 18 heavy (non-hydrogen) atoms. The summed E-state index contributed by atoms with van der Waals surface area (Å²) < 4.78 is 9.92. The standard InChI is InChI=1S/C11H17N3O4/c1-7-9(12-6-13-10(7)18-3)14-8(11(15)16)4-5-17-2/h6,8H,4-5H2,1-3H3,(H,15,16)(H,12,13,14). The van der Waals surface area contributed by atoms with Crippen molar-refractivity contribution < 1.29 is 19.4 Å². The second-order valence-electron chi connectivity index (χ2n) is 3.67. The van der Waals surface area contributed by atoms with Crippen molar-refractivity contribution in [3.05, 3.63) is 11.9 Å². The van der Waals surface area contributed by atoms with Gasteiger partial charge in [-0.1, -0.05) is 0 Å². The Hall–Kier alpha value is -1.89. The minimum Gasteiger partial charge on any atom is -0.481 e. The van der Waals surface area contributed by atoms with Crippen LogP contribution in [0.15, 0.2) is 6.33 Å². The molecule has 0 bridgehead atoms. The third kappa shape index (κ3) is 3.56. The van der Waals surface area contributed by atoms with Crippen LogP contribution < -0.4 is 10.1 Å². The number of nitrogens with one attached hydrogen (secondary N) is 1. The predicted octanol–water partition coefficient (Wildman–Crippen LogP) is 0.695. The zero-order valence-electron chi connectivity index (χ0n) is 10.6. The number of anilines is 1. The molecule has 7 nitrogen and oxygen atoms in total. The Morgan fingerprint density at radius 1 is 1.50 bits per heavy atom. The molecule has 0 saturated heterocycles. The van der Waals surface area contributed by atoms with Crippen molar-refractivity contribution in [2.75, 3.05) is 26.1 Å². The van der Waals surface area contributed by atoms with E-state index < -0.39 is 12.0 Å². The maximum Gasteiger partial charge on any atom is 0.326 e. The molecule has 1 heterocycles. The highest BCUT2D eigenvalue weighted by molar-refractivity contribution is 5.77. The zero-order valence-corrected chi connectivity index (χ0v) is 10.6. The molecule has 0 aliphatic heterocycles. The largest absolute Gasteiger partial charge is 0.481 e. The molecule has 0 fully saturated rings. The summed E-state index contributed by atoms with van der Waals surface area (Å²) in [6.07, 6.45) is 1.67. The number of ether oxygens (including phenoxy) is 2. The van der Waals surface area contributed by atoms with Crippen LogP contribution in [0.3, 0.4) is 0 Å². The molecule has 1 unspecified atom stereocenters. The smallest absolute Gasteiger partial charge is 0.326 e. The molecular weight excluding hydrogens is 238 g/mol. The van der Waals surface area contributed by atoms with E-state index in [1.165, 1.54) is 20.5 Å². The van der Waals surface area contributed by atoms with Gasteiger partial charge < -0.3 is 19.9 Å². The second kappa shape index (κ2) is 6.75. The van der Waals surface area contributed by atoms with E-state index in [1.807, 2.05) is 0 Å². The average Bonchev–Trinajstić information content (AvgIpc) is 2.36. The van der Waals surface area contributed by atoms with Crippen LogP contribution in [0.25, 0.3) is 0 Å². The molecule has 1 aromatic heterocycles. The maximum absolute atomic E-state index is 11.1. The Morgan fingerprint density at radius 3 is 2.78 bits per heavy atom. The first-order chi connectivity index (χ1) is 8.60. The normalized spacial score (nSPS) is 11.9. The number of carboxylic acid groups (broad SMARTS) is 1. The molecule has 100 valence electrons. The molecule has 1 aromatic rings. The highest BCUT2D eigenvalue weighted by Gasteiger charge is 2.19. The summed E-state index contributed by atoms with van der Waals surface area (Å²) in [5, 5.41) is 11.9. The lowest BCUT2D eigenvalue weighted by atomic mass is 10.2. The van der Waals surface area contributed by atoms with Crippen LogP contribution in [0.2, 0.25) is 0 Å². The van der Waals surface area contributed by atoms with Crippen molar-refractivity contribution in [2.45, 2.75) is 19.4 Å². The number of hydrogen-bond acceptors (Lipinski definition) is 6. The molecule has 0 radical (unpaired) electrons. The Morgan fingerprint density at radius 2 is 2.22 bits per heavy atom. The van der Waals surface area contributed by atoms with Gasteiger partial charge in [0.1, 0.15) is 18.2 Å². The minimum absolute atomic E-state index is 0.345. The zero-order chi connectivity index (χ0) is 13.5. The topological polar surface area (TPSA) is 93.6 Å². The third-order valence-electron chi connectivity index (χ3n) is 2.45. The summed E-state index contributed by atoms with van der Waals surface area (Å²) in [7, 11) is 3.02. The van der Waals surface area contributed by atoms with Gasteiger partial charge in [0, 0.05) is 20.1 Å². The fourth-order valence-corrected chi connectivity index (χ4v) is 1.44. The lowest BCUT2D eigenvalue weighted by molar-refractivity contribution is -0.138. The first-order valence-corrected chi connectivity index (χ1v) is 5.44. The number of hydrogen-bond donors (Lipinski definition) is 2. The van der Waals surface area contributed by atoms with Gasteiger partial charge in [-0.3, -0.25) is 0 Å². The number of methoxy groups -OCH3 is 2. The van der Waals surface area contributed by atoms with E-state index in [4.69, 9.17) is 14.6 Å². The molecule has 1 atom stereocenters. The number of rotatable bonds is 7. The molecule has 0 spiro atoms. The highest BCUT2D eigenvalue weighted by atomic mass is 16.5. The molecule has 0 saturated carbocycles. The first kappa shape index (κ1) is 14.2. The van der Waals surface area contributed by atoms with Gasteiger partial charge in [-0.15, -0.1) is 0 Å². The Balaban J connectivity index is 2.83. The van der Waals surface area contributed by atoms with Gasteiger partial charge in [0.05, 0.1) is 12.7 Å². The van der Waals surface area contributed by atoms with Crippen LogP contribution in [0.5, 0.6) is 5.88 Å². The number of carbonyl (C=O) groups is 1. The van der Waals surface area contributed by atoms with Crippen LogP contribution >= 0.6 is 0 Å². The lowest BCUT2D eigenvalue weighted by Crippen LogP contribution is -2.31. The van der Waals surface area contributed by atoms with E-state index >= 15 is 0 Å². The summed E-state index contributed by atoms with van der Waals surface area (Å²) in [5.41, 5.74) is 0.670. The van der Waals surface area contributed by atoms with Gasteiger partial charge in [-0.25, -0.2) is 14.8 Å². The summed E-state index contributed by atoms with van der Waals surface area (Å²) in [5.74, 6) is -0.0854. The number of carboxylic acids is 1. The number of nitrogens with zero attached hydrogens (tertiary/aromatic N) is 2. The van der Waals surface area contributed by atoms with Crippen molar-refractivity contribution in [1.82, 2.24) is 9.97 Å². The van der Waals surface area contributed by atoms with Crippen LogP contribution in [0.4, 0.5) is 5.82 Å². The van der Waals surface area contributed by atoms with E-state index in [0.717, 1.165) is 0 Å². The van der Waals surface area contributed by atoms with Gasteiger partial charge in [-0.05, 0) is 6.92 Å². The minimum atomic E-state index is -0.955. The van der Waals surface area contributed by atoms with Gasteiger partial charge >= 0.3 is 5.97 Å². The summed E-state index contributed by atoms with van der Waals surface area (Å²) in [6, 6.07) is -0.761. The van der Waals surface area contributed by atoms with E-state index in [1.54, 1.807) is 6.92 Å². The van der Waals surface area contributed by atoms with Gasteiger partial charge in [0.2, 0.25) is 5.88 Å². The van der Waals surface area contributed by atoms with Crippen molar-refractivity contribution >= 4 is 11.8 Å². The second-order valence-corrected chi connectivity index (χ2v) is 3.67. The van der Waals surface area contributed by atoms with Gasteiger partial charge in [0.25, 0.3) is 0 Å². The first-order valence-electron chi connectivity index (χ1n) is 5.44. The van der Waals surface area contributed by atoms with Crippen LogP contribution in [-0.4, -0.2) is 47.9 Å². The molecule has 1 rings (SSSR count). The van der Waals surface area contributed by atoms with Crippen LogP contribution in [0, 0.1) is 6.92 Å². The average molecular weight is 255 g/mol. The number of aliphatic carboxylic acids is 1. The van der Waals surface area contributed by atoms with Gasteiger partial charge in [-0.2, -0.15) is 0 Å². The third-order valence-corrected chi connectivity index (χ3v) is 2.45. The fourth-order valence-electron chi connectivity index (χ4n) is 1.44. The van der Waals surface area contributed by atoms with Crippen molar-refractivity contribution in [3.8, 4) is 5.88 Å². The van der Waals surface area contributed by atoms with Crippen LogP contribution in [0.1, 0.15) is 12.0 Å². The lowest BCUT2D eigenvalue weighted by Gasteiger charge is -2.16. The van der Waals surface area contributed by atoms with E-state index in [0.29, 0.717) is 30.3 Å². The fraction of sp³-hybridized carbons (Fsp3) is 0.545. The maximum atomic E-state index is 11.1. The number of aromatic nitrogens is 2. The summed E-state index contributed by atoms with van der Waals surface area (Å²) >= 11 is 0. The molecular formula is C11H17N3O4. The SMILES string of the molecule is COCCC(Nc1ncnc(OC)c1C)C(=O)O. The summed E-state index contributed by atoms with van der Waals surface area (Å²) in [4.78, 5) is 19.0. The monoisotopic (exact) mass is 255 g/mol. The predicted molar refractivity (Wildman–Crippen MR) is 64.9 cm³/mol. The molecule has 0 aliphatic rings. The van der Waals surface area contributed by atoms with E-state index in [2.05, 4.69) is 15.3 Å². The van der Waals surface area contributed by atoms with E-state index in [-0.39, 0.29) is 0 Å². The van der Waals surface area contributed by atoms with E-state index in [9.17, 15) is 4.79 Å². The molecule has 0 aromatic carbocycles. The Labute approximate surface area is 105 Å². The van der Waals surface area contributed by atoms with Crippen LogP contribution in [-0.2, 0) is 9.53 Å². The van der Waals surface area contributed by atoms with Gasteiger partial charge in [0.15, 0.2) is 0 Å². The molecule has 0 aliphatic carbocycles. The van der Waals surface area contributed by atoms with Crippen molar-refractivity contribution in [3.63, 3.8) is 0 Å². The highest BCUT2D eigenvalue weighted by Crippen LogP contribution is 2.20. The molecule has 2 N–H and O–H groups in total. The molecule has 7 heteroatoms. The Kier molecular flexibility index (Phi) is 5.31. The molecule has 0 amide bonds. The van der Waals surface area contributed by atoms with Crippen molar-refractivity contribution in [2.24, 2.45) is 0 Å². The summed E-state index contributed by atoms with van der Waals surface area (Å²) in [6.45, 7) is 2.11.